The standard InChI is InChI=1S/C25H32N2O4/c1-18-8-10-20(11-9-18)16-27(19(2)25(29)26-21-6-4-5-7-21)24(28)17-31-23-14-12-22(30-3)13-15-23/h8-15,19,21H,4-7,16-17H2,1-3H3,(H,26,29). The Bertz CT molecular complexity index is 858. The lowest BCUT2D eigenvalue weighted by Gasteiger charge is -2.29. The molecule has 1 N–H and O–H groups in total. The lowest BCUT2D eigenvalue weighted by atomic mass is 10.1. The van der Waals surface area contributed by atoms with E-state index in [-0.39, 0.29) is 24.5 Å². The molecule has 166 valence electrons. The SMILES string of the molecule is COc1ccc(OCC(=O)N(Cc2ccc(C)cc2)C(C)C(=O)NC2CCCC2)cc1. The van der Waals surface area contributed by atoms with Crippen LogP contribution in [0.1, 0.15) is 43.7 Å². The zero-order valence-electron chi connectivity index (χ0n) is 18.6. The maximum Gasteiger partial charge on any atom is 0.261 e. The molecule has 2 aromatic rings. The highest BCUT2D eigenvalue weighted by Gasteiger charge is 2.28. The third kappa shape index (κ3) is 6.48. The maximum atomic E-state index is 13.1. The summed E-state index contributed by atoms with van der Waals surface area (Å²) in [7, 11) is 1.60. The Morgan fingerprint density at radius 1 is 1.03 bits per heavy atom. The van der Waals surface area contributed by atoms with Crippen LogP contribution in [0.2, 0.25) is 0 Å². The van der Waals surface area contributed by atoms with E-state index in [9.17, 15) is 9.59 Å². The number of amides is 2. The Labute approximate surface area is 184 Å². The first kappa shape index (κ1) is 22.7. The molecule has 0 heterocycles. The molecule has 0 saturated heterocycles. The van der Waals surface area contributed by atoms with Crippen LogP contribution in [-0.4, -0.2) is 42.5 Å². The molecule has 1 fully saturated rings. The van der Waals surface area contributed by atoms with Crippen LogP contribution in [0, 0.1) is 6.92 Å². The Balaban J connectivity index is 1.68. The summed E-state index contributed by atoms with van der Waals surface area (Å²) in [5, 5.41) is 3.11. The molecule has 2 amide bonds. The summed E-state index contributed by atoms with van der Waals surface area (Å²) < 4.78 is 10.8. The molecule has 0 aromatic heterocycles. The van der Waals surface area contributed by atoms with E-state index in [1.54, 1.807) is 43.2 Å². The average molecular weight is 425 g/mol. The highest BCUT2D eigenvalue weighted by atomic mass is 16.5. The Kier molecular flexibility index (Phi) is 7.93. The van der Waals surface area contributed by atoms with Gasteiger partial charge in [-0.25, -0.2) is 0 Å². The minimum absolute atomic E-state index is 0.114. The van der Waals surface area contributed by atoms with E-state index in [0.717, 1.165) is 42.6 Å². The van der Waals surface area contributed by atoms with Crippen molar-refractivity contribution >= 4 is 11.8 Å². The second kappa shape index (κ2) is 10.8. The van der Waals surface area contributed by atoms with Gasteiger partial charge in [0.2, 0.25) is 5.91 Å². The maximum absolute atomic E-state index is 13.1. The topological polar surface area (TPSA) is 67.9 Å². The van der Waals surface area contributed by atoms with Gasteiger partial charge in [0.15, 0.2) is 6.61 Å². The predicted octanol–water partition coefficient (Wildman–Crippen LogP) is 3.86. The lowest BCUT2D eigenvalue weighted by Crippen LogP contribution is -2.50. The van der Waals surface area contributed by atoms with Crippen molar-refractivity contribution in [2.24, 2.45) is 0 Å². The summed E-state index contributed by atoms with van der Waals surface area (Å²) in [6.07, 6.45) is 4.29. The molecule has 6 nitrogen and oxygen atoms in total. The molecule has 2 aromatic carbocycles. The number of methoxy groups -OCH3 is 1. The van der Waals surface area contributed by atoms with Gasteiger partial charge in [-0.1, -0.05) is 42.7 Å². The van der Waals surface area contributed by atoms with E-state index < -0.39 is 6.04 Å². The average Bonchev–Trinajstić information content (AvgIpc) is 3.30. The highest BCUT2D eigenvalue weighted by Crippen LogP contribution is 2.20. The van der Waals surface area contributed by atoms with Crippen LogP contribution in [0.4, 0.5) is 0 Å². The van der Waals surface area contributed by atoms with Gasteiger partial charge in [0, 0.05) is 12.6 Å². The van der Waals surface area contributed by atoms with E-state index >= 15 is 0 Å². The van der Waals surface area contributed by atoms with Gasteiger partial charge >= 0.3 is 0 Å². The molecule has 0 aliphatic heterocycles. The zero-order valence-corrected chi connectivity index (χ0v) is 18.6. The number of carbonyl (C=O) groups excluding carboxylic acids is 2. The summed E-state index contributed by atoms with van der Waals surface area (Å²) in [5.74, 6) is 0.951. The van der Waals surface area contributed by atoms with Gasteiger partial charge in [0.25, 0.3) is 5.91 Å². The Hall–Kier alpha value is -3.02. The van der Waals surface area contributed by atoms with Crippen LogP contribution in [0.3, 0.4) is 0 Å². The second-order valence-corrected chi connectivity index (χ2v) is 8.14. The van der Waals surface area contributed by atoms with Crippen LogP contribution in [0.25, 0.3) is 0 Å². The zero-order chi connectivity index (χ0) is 22.2. The molecule has 1 saturated carbocycles. The van der Waals surface area contributed by atoms with Crippen molar-refractivity contribution in [2.75, 3.05) is 13.7 Å². The summed E-state index contributed by atoms with van der Waals surface area (Å²) in [6.45, 7) is 4.01. The fraction of sp³-hybridized carbons (Fsp3) is 0.440. The normalized spacial score (nSPS) is 14.7. The van der Waals surface area contributed by atoms with E-state index in [4.69, 9.17) is 9.47 Å². The monoisotopic (exact) mass is 424 g/mol. The summed E-state index contributed by atoms with van der Waals surface area (Å²) in [5.41, 5.74) is 2.13. The first-order valence-corrected chi connectivity index (χ1v) is 10.9. The fourth-order valence-electron chi connectivity index (χ4n) is 3.76. The lowest BCUT2D eigenvalue weighted by molar-refractivity contribution is -0.142. The van der Waals surface area contributed by atoms with E-state index in [1.165, 1.54) is 0 Å². The van der Waals surface area contributed by atoms with Crippen molar-refractivity contribution in [2.45, 2.75) is 58.2 Å². The van der Waals surface area contributed by atoms with Gasteiger partial charge in [0.05, 0.1) is 7.11 Å². The molecule has 1 unspecified atom stereocenters. The summed E-state index contributed by atoms with van der Waals surface area (Å²) >= 11 is 0. The first-order valence-electron chi connectivity index (χ1n) is 10.9. The van der Waals surface area contributed by atoms with E-state index in [0.29, 0.717) is 12.3 Å². The second-order valence-electron chi connectivity index (χ2n) is 8.14. The number of hydrogen-bond donors (Lipinski definition) is 1. The van der Waals surface area contributed by atoms with E-state index in [2.05, 4.69) is 5.32 Å². The minimum atomic E-state index is -0.589. The smallest absolute Gasteiger partial charge is 0.261 e. The third-order valence-corrected chi connectivity index (χ3v) is 5.76. The molecule has 3 rings (SSSR count). The predicted molar refractivity (Wildman–Crippen MR) is 120 cm³/mol. The number of ether oxygens (including phenoxy) is 2. The molecule has 6 heteroatoms. The molecule has 31 heavy (non-hydrogen) atoms. The largest absolute Gasteiger partial charge is 0.497 e. The quantitative estimate of drug-likeness (QED) is 0.664. The van der Waals surface area contributed by atoms with Crippen LogP contribution >= 0.6 is 0 Å². The number of nitrogens with zero attached hydrogens (tertiary/aromatic N) is 1. The third-order valence-electron chi connectivity index (χ3n) is 5.76. The van der Waals surface area contributed by atoms with Gasteiger partial charge in [-0.05, 0) is 56.5 Å². The fourth-order valence-corrected chi connectivity index (χ4v) is 3.76. The Morgan fingerprint density at radius 3 is 2.26 bits per heavy atom. The Morgan fingerprint density at radius 2 is 1.65 bits per heavy atom. The number of rotatable bonds is 9. The summed E-state index contributed by atoms with van der Waals surface area (Å²) in [6, 6.07) is 14.7. The van der Waals surface area contributed by atoms with Crippen molar-refractivity contribution in [1.29, 1.82) is 0 Å². The van der Waals surface area contributed by atoms with Crippen LogP contribution < -0.4 is 14.8 Å². The molecule has 1 aliphatic rings. The number of benzene rings is 2. The van der Waals surface area contributed by atoms with Crippen molar-refractivity contribution in [3.63, 3.8) is 0 Å². The van der Waals surface area contributed by atoms with Crippen molar-refractivity contribution in [1.82, 2.24) is 10.2 Å². The molecule has 0 bridgehead atoms. The number of nitrogens with one attached hydrogen (secondary N) is 1. The van der Waals surface area contributed by atoms with Gasteiger partial charge in [0.1, 0.15) is 17.5 Å². The highest BCUT2D eigenvalue weighted by molar-refractivity contribution is 5.88. The molecular weight excluding hydrogens is 392 g/mol. The van der Waals surface area contributed by atoms with Crippen molar-refractivity contribution in [3.05, 3.63) is 59.7 Å². The minimum Gasteiger partial charge on any atom is -0.497 e. The van der Waals surface area contributed by atoms with Gasteiger partial charge < -0.3 is 19.7 Å². The molecule has 1 aliphatic carbocycles. The number of hydrogen-bond acceptors (Lipinski definition) is 4. The van der Waals surface area contributed by atoms with Gasteiger partial charge in [-0.15, -0.1) is 0 Å². The van der Waals surface area contributed by atoms with Crippen molar-refractivity contribution in [3.8, 4) is 11.5 Å². The molecule has 1 atom stereocenters. The molecular formula is C25H32N2O4. The van der Waals surface area contributed by atoms with Crippen LogP contribution in [-0.2, 0) is 16.1 Å². The van der Waals surface area contributed by atoms with E-state index in [1.807, 2.05) is 31.2 Å². The van der Waals surface area contributed by atoms with Crippen LogP contribution in [0.15, 0.2) is 48.5 Å². The summed E-state index contributed by atoms with van der Waals surface area (Å²) in [4.78, 5) is 27.6. The number of carbonyl (C=O) groups is 2. The first-order chi connectivity index (χ1) is 15.0. The number of aryl methyl sites for hydroxylation is 1. The van der Waals surface area contributed by atoms with Crippen LogP contribution in [0.5, 0.6) is 11.5 Å². The van der Waals surface area contributed by atoms with Gasteiger partial charge in [-0.2, -0.15) is 0 Å². The van der Waals surface area contributed by atoms with Crippen molar-refractivity contribution < 1.29 is 19.1 Å². The molecule has 0 radical (unpaired) electrons. The molecule has 0 spiro atoms. The van der Waals surface area contributed by atoms with Gasteiger partial charge in [-0.3, -0.25) is 9.59 Å².